The van der Waals surface area contributed by atoms with Crippen LogP contribution in [0.3, 0.4) is 0 Å². The normalized spacial score (nSPS) is 21.8. The molecule has 0 N–H and O–H groups in total. The van der Waals surface area contributed by atoms with Crippen molar-refractivity contribution >= 4 is 5.71 Å². The van der Waals surface area contributed by atoms with Crippen LogP contribution in [0.15, 0.2) is 4.99 Å². The molecular weight excluding hydrogens is 253 g/mol. The van der Waals surface area contributed by atoms with Gasteiger partial charge in [0, 0.05) is 25.1 Å². The van der Waals surface area contributed by atoms with Gasteiger partial charge in [-0.25, -0.2) is 0 Å². The van der Waals surface area contributed by atoms with Gasteiger partial charge in [-0.3, -0.25) is 4.99 Å². The predicted molar refractivity (Wildman–Crippen MR) is 68.9 cm³/mol. The van der Waals surface area contributed by atoms with E-state index >= 15 is 0 Å². The Morgan fingerprint density at radius 1 is 1.32 bits per heavy atom. The fraction of sp³-hybridized carbons (Fsp3) is 0.857. The van der Waals surface area contributed by atoms with Crippen molar-refractivity contribution in [1.82, 2.24) is 0 Å². The third-order valence-corrected chi connectivity index (χ3v) is 3.88. The summed E-state index contributed by atoms with van der Waals surface area (Å²) in [6.45, 7) is 0. The summed E-state index contributed by atoms with van der Waals surface area (Å²) in [4.78, 5) is 4.18. The van der Waals surface area contributed by atoms with Crippen LogP contribution in [0.1, 0.15) is 51.4 Å². The molecule has 0 heterocycles. The first-order chi connectivity index (χ1) is 8.96. The van der Waals surface area contributed by atoms with E-state index in [1.165, 1.54) is 5.71 Å². The van der Waals surface area contributed by atoms with E-state index in [0.29, 0.717) is 18.8 Å². The van der Waals surface area contributed by atoms with Gasteiger partial charge in [-0.2, -0.15) is 18.4 Å². The molecule has 0 aromatic rings. The fourth-order valence-electron chi connectivity index (χ4n) is 2.69. The van der Waals surface area contributed by atoms with Gasteiger partial charge in [0.25, 0.3) is 0 Å². The third-order valence-electron chi connectivity index (χ3n) is 3.88. The van der Waals surface area contributed by atoms with Crippen LogP contribution in [-0.4, -0.2) is 18.9 Å². The molecule has 1 aliphatic rings. The number of alkyl halides is 3. The fourth-order valence-corrected chi connectivity index (χ4v) is 2.69. The van der Waals surface area contributed by atoms with Gasteiger partial charge in [-0.1, -0.05) is 6.42 Å². The van der Waals surface area contributed by atoms with Crippen molar-refractivity contribution in [3.8, 4) is 6.07 Å². The van der Waals surface area contributed by atoms with E-state index in [2.05, 4.69) is 11.1 Å². The molecule has 19 heavy (non-hydrogen) atoms. The number of aliphatic imine (C=N–C) groups is 1. The average molecular weight is 274 g/mol. The second kappa shape index (κ2) is 7.52. The van der Waals surface area contributed by atoms with Crippen molar-refractivity contribution in [2.24, 2.45) is 16.8 Å². The van der Waals surface area contributed by atoms with E-state index in [9.17, 15) is 13.2 Å². The molecule has 2 nitrogen and oxygen atoms in total. The molecule has 1 saturated carbocycles. The summed E-state index contributed by atoms with van der Waals surface area (Å²) in [5, 5.41) is 9.16. The highest BCUT2D eigenvalue weighted by Crippen LogP contribution is 2.32. The van der Waals surface area contributed by atoms with Gasteiger partial charge in [0.05, 0.1) is 6.07 Å². The summed E-state index contributed by atoms with van der Waals surface area (Å²) in [5.41, 5.74) is 1.20. The lowest BCUT2D eigenvalue weighted by atomic mass is 9.78. The summed E-state index contributed by atoms with van der Waals surface area (Å²) in [6.07, 6.45) is 0.176. The molecule has 0 aromatic carbocycles. The monoisotopic (exact) mass is 274 g/mol. The second-order valence-electron chi connectivity index (χ2n) is 5.22. The first kappa shape index (κ1) is 16.0. The van der Waals surface area contributed by atoms with Crippen molar-refractivity contribution in [1.29, 1.82) is 5.26 Å². The van der Waals surface area contributed by atoms with Crippen LogP contribution in [0, 0.1) is 23.2 Å². The number of halogens is 3. The van der Waals surface area contributed by atoms with Gasteiger partial charge >= 0.3 is 6.18 Å². The molecule has 0 saturated heterocycles. The zero-order chi connectivity index (χ0) is 14.3. The van der Waals surface area contributed by atoms with E-state index in [-0.39, 0.29) is 12.3 Å². The summed E-state index contributed by atoms with van der Waals surface area (Å²) >= 11 is 0. The molecule has 1 fully saturated rings. The first-order valence-corrected chi connectivity index (χ1v) is 6.87. The van der Waals surface area contributed by atoms with E-state index in [1.54, 1.807) is 7.05 Å². The van der Waals surface area contributed by atoms with Crippen molar-refractivity contribution in [3.05, 3.63) is 0 Å². The predicted octanol–water partition coefficient (Wildman–Crippen LogP) is 4.51. The molecule has 0 radical (unpaired) electrons. The maximum Gasteiger partial charge on any atom is 0.389 e. The largest absolute Gasteiger partial charge is 0.389 e. The molecule has 1 atom stereocenters. The van der Waals surface area contributed by atoms with E-state index < -0.39 is 12.6 Å². The molecule has 108 valence electrons. The number of rotatable bonds is 5. The summed E-state index contributed by atoms with van der Waals surface area (Å²) in [5.74, 6) is 0.244. The van der Waals surface area contributed by atoms with Gasteiger partial charge < -0.3 is 0 Å². The molecule has 0 amide bonds. The van der Waals surface area contributed by atoms with Gasteiger partial charge in [-0.05, 0) is 44.4 Å². The summed E-state index contributed by atoms with van der Waals surface area (Å²) < 4.78 is 36.1. The maximum absolute atomic E-state index is 12.0. The minimum Gasteiger partial charge on any atom is -0.297 e. The topological polar surface area (TPSA) is 36.1 Å². The highest BCUT2D eigenvalue weighted by atomic mass is 19.4. The zero-order valence-corrected chi connectivity index (χ0v) is 11.3. The Labute approximate surface area is 112 Å². The van der Waals surface area contributed by atoms with Crippen molar-refractivity contribution < 1.29 is 13.2 Å². The van der Waals surface area contributed by atoms with E-state index in [0.717, 1.165) is 25.7 Å². The van der Waals surface area contributed by atoms with E-state index in [4.69, 9.17) is 5.26 Å². The van der Waals surface area contributed by atoms with Crippen molar-refractivity contribution in [3.63, 3.8) is 0 Å². The quantitative estimate of drug-likeness (QED) is 0.679. The highest BCUT2D eigenvalue weighted by Gasteiger charge is 2.28. The van der Waals surface area contributed by atoms with E-state index in [1.807, 2.05) is 0 Å². The molecule has 0 spiro atoms. The molecule has 0 bridgehead atoms. The van der Waals surface area contributed by atoms with Gasteiger partial charge in [0.15, 0.2) is 0 Å². The van der Waals surface area contributed by atoms with Crippen LogP contribution < -0.4 is 0 Å². The SMILES string of the molecule is CN=C1CCC(C(C#N)CCCCC(F)(F)F)CC1. The lowest BCUT2D eigenvalue weighted by Crippen LogP contribution is -2.21. The van der Waals surface area contributed by atoms with Crippen LogP contribution in [0.2, 0.25) is 0 Å². The van der Waals surface area contributed by atoms with Gasteiger partial charge in [-0.15, -0.1) is 0 Å². The molecule has 1 aliphatic carbocycles. The Morgan fingerprint density at radius 3 is 2.42 bits per heavy atom. The molecule has 5 heteroatoms. The minimum absolute atomic E-state index is 0.0911. The zero-order valence-electron chi connectivity index (χ0n) is 11.3. The number of nitrogens with zero attached hydrogens (tertiary/aromatic N) is 2. The highest BCUT2D eigenvalue weighted by molar-refractivity contribution is 5.84. The van der Waals surface area contributed by atoms with Crippen LogP contribution in [0.4, 0.5) is 13.2 Å². The average Bonchev–Trinajstić information content (AvgIpc) is 2.38. The number of hydrogen-bond acceptors (Lipinski definition) is 2. The smallest absolute Gasteiger partial charge is 0.297 e. The Bertz CT molecular complexity index is 332. The van der Waals surface area contributed by atoms with Crippen LogP contribution >= 0.6 is 0 Å². The Balaban J connectivity index is 2.29. The van der Waals surface area contributed by atoms with Crippen LogP contribution in [-0.2, 0) is 0 Å². The van der Waals surface area contributed by atoms with Crippen molar-refractivity contribution in [2.75, 3.05) is 7.05 Å². The lowest BCUT2D eigenvalue weighted by molar-refractivity contribution is -0.135. The maximum atomic E-state index is 12.0. The third kappa shape index (κ3) is 6.09. The summed E-state index contributed by atoms with van der Waals surface area (Å²) in [7, 11) is 1.79. The number of nitriles is 1. The van der Waals surface area contributed by atoms with Gasteiger partial charge in [0.1, 0.15) is 0 Å². The lowest BCUT2D eigenvalue weighted by Gasteiger charge is -2.26. The molecule has 1 unspecified atom stereocenters. The minimum atomic E-state index is -4.07. The van der Waals surface area contributed by atoms with Gasteiger partial charge in [0.2, 0.25) is 0 Å². The standard InChI is InChI=1S/C14H21F3N2/c1-19-13-7-5-11(6-8-13)12(10-18)4-2-3-9-14(15,16)17/h11-12H,2-9H2,1H3. The van der Waals surface area contributed by atoms with Crippen LogP contribution in [0.5, 0.6) is 0 Å². The molecule has 0 aliphatic heterocycles. The Morgan fingerprint density at radius 2 is 1.95 bits per heavy atom. The second-order valence-corrected chi connectivity index (χ2v) is 5.22. The Kier molecular flexibility index (Phi) is 6.33. The van der Waals surface area contributed by atoms with Crippen molar-refractivity contribution in [2.45, 2.75) is 57.5 Å². The molecular formula is C14H21F3N2. The first-order valence-electron chi connectivity index (χ1n) is 6.87. The number of unbranched alkanes of at least 4 members (excludes halogenated alkanes) is 1. The summed E-state index contributed by atoms with van der Waals surface area (Å²) in [6, 6.07) is 2.28. The number of hydrogen-bond donors (Lipinski definition) is 0. The Hall–Kier alpha value is -1.05. The molecule has 1 rings (SSSR count). The molecule has 0 aromatic heterocycles. The van der Waals surface area contributed by atoms with Crippen LogP contribution in [0.25, 0.3) is 0 Å².